The summed E-state index contributed by atoms with van der Waals surface area (Å²) in [4.78, 5) is 15.9. The Balaban J connectivity index is 2.24. The van der Waals surface area contributed by atoms with Crippen LogP contribution < -0.4 is 5.43 Å². The van der Waals surface area contributed by atoms with Crippen LogP contribution in [0.3, 0.4) is 0 Å². The maximum absolute atomic E-state index is 11.1. The molecule has 0 bridgehead atoms. The Hall–Kier alpha value is -0.810. The van der Waals surface area contributed by atoms with Gasteiger partial charge in [-0.3, -0.25) is 0 Å². The lowest BCUT2D eigenvalue weighted by molar-refractivity contribution is -0.156. The standard InChI is InChI=1S/C8H16N2O3/c1-8(2,3)12-7(11)13-10-6-4-5-9-10/h9H,4-6H2,1-3H3. The summed E-state index contributed by atoms with van der Waals surface area (Å²) in [5, 5.41) is 1.40. The summed E-state index contributed by atoms with van der Waals surface area (Å²) < 4.78 is 4.96. The fraction of sp³-hybridized carbons (Fsp3) is 0.875. The largest absolute Gasteiger partial charge is 0.529 e. The molecule has 0 aromatic heterocycles. The molecule has 0 unspecified atom stereocenters. The average molecular weight is 188 g/mol. The van der Waals surface area contributed by atoms with E-state index in [1.807, 2.05) is 0 Å². The highest BCUT2D eigenvalue weighted by atomic mass is 16.8. The van der Waals surface area contributed by atoms with Gasteiger partial charge in [0.1, 0.15) is 5.60 Å². The summed E-state index contributed by atoms with van der Waals surface area (Å²) in [6, 6.07) is 0. The zero-order valence-electron chi connectivity index (χ0n) is 8.29. The number of ether oxygens (including phenoxy) is 1. The van der Waals surface area contributed by atoms with Crippen molar-refractivity contribution in [2.75, 3.05) is 13.1 Å². The van der Waals surface area contributed by atoms with Crippen LogP contribution in [0.25, 0.3) is 0 Å². The minimum Gasteiger partial charge on any atom is -0.427 e. The lowest BCUT2D eigenvalue weighted by atomic mass is 10.2. The van der Waals surface area contributed by atoms with Crippen LogP contribution in [0.1, 0.15) is 27.2 Å². The molecular weight excluding hydrogens is 172 g/mol. The SMILES string of the molecule is CC(C)(C)OC(=O)ON1CCCN1. The lowest BCUT2D eigenvalue weighted by Gasteiger charge is -2.21. The van der Waals surface area contributed by atoms with E-state index >= 15 is 0 Å². The zero-order valence-corrected chi connectivity index (χ0v) is 8.29. The van der Waals surface area contributed by atoms with Gasteiger partial charge in [0.15, 0.2) is 0 Å². The highest BCUT2D eigenvalue weighted by molar-refractivity contribution is 5.60. The molecule has 0 aliphatic carbocycles. The van der Waals surface area contributed by atoms with E-state index in [4.69, 9.17) is 9.57 Å². The Kier molecular flexibility index (Phi) is 3.11. The maximum atomic E-state index is 11.1. The number of carbonyl (C=O) groups is 1. The summed E-state index contributed by atoms with van der Waals surface area (Å²) >= 11 is 0. The van der Waals surface area contributed by atoms with Gasteiger partial charge in [0.05, 0.1) is 6.54 Å². The molecule has 1 aliphatic rings. The van der Waals surface area contributed by atoms with Gasteiger partial charge in [-0.05, 0) is 27.2 Å². The molecule has 1 aliphatic heterocycles. The Bertz CT molecular complexity index is 182. The van der Waals surface area contributed by atoms with Crippen molar-refractivity contribution >= 4 is 6.16 Å². The first-order valence-electron chi connectivity index (χ1n) is 4.39. The third-order valence-corrected chi connectivity index (χ3v) is 1.40. The van der Waals surface area contributed by atoms with Crippen molar-refractivity contribution in [1.82, 2.24) is 10.6 Å². The summed E-state index contributed by atoms with van der Waals surface area (Å²) in [5.41, 5.74) is 2.38. The molecule has 1 heterocycles. The molecule has 0 amide bonds. The molecule has 0 saturated carbocycles. The van der Waals surface area contributed by atoms with Crippen molar-refractivity contribution < 1.29 is 14.4 Å². The van der Waals surface area contributed by atoms with Gasteiger partial charge >= 0.3 is 6.16 Å². The van der Waals surface area contributed by atoms with Gasteiger partial charge in [-0.25, -0.2) is 10.2 Å². The van der Waals surface area contributed by atoms with Crippen molar-refractivity contribution in [3.63, 3.8) is 0 Å². The van der Waals surface area contributed by atoms with Gasteiger partial charge in [-0.15, -0.1) is 0 Å². The normalized spacial score (nSPS) is 18.7. The maximum Gasteiger partial charge on any atom is 0.529 e. The third kappa shape index (κ3) is 4.10. The quantitative estimate of drug-likeness (QED) is 0.624. The molecular formula is C8H16N2O3. The Morgan fingerprint density at radius 2 is 2.15 bits per heavy atom. The van der Waals surface area contributed by atoms with Crippen LogP contribution in [0.4, 0.5) is 4.79 Å². The summed E-state index contributed by atoms with van der Waals surface area (Å²) in [6.45, 7) is 6.94. The van der Waals surface area contributed by atoms with Crippen molar-refractivity contribution in [3.8, 4) is 0 Å². The van der Waals surface area contributed by atoms with Crippen LogP contribution in [0, 0.1) is 0 Å². The predicted octanol–water partition coefficient (Wildman–Crippen LogP) is 1.06. The fourth-order valence-corrected chi connectivity index (χ4v) is 0.942. The van der Waals surface area contributed by atoms with E-state index in [2.05, 4.69) is 5.43 Å². The minimum atomic E-state index is -0.665. The molecule has 0 aromatic carbocycles. The zero-order chi connectivity index (χ0) is 9.90. The van der Waals surface area contributed by atoms with Crippen LogP contribution in [0.5, 0.6) is 0 Å². The Labute approximate surface area is 77.9 Å². The van der Waals surface area contributed by atoms with E-state index in [-0.39, 0.29) is 0 Å². The second-order valence-electron chi connectivity index (χ2n) is 3.92. The molecule has 1 N–H and O–H groups in total. The van der Waals surface area contributed by atoms with Crippen LogP contribution >= 0.6 is 0 Å². The van der Waals surface area contributed by atoms with E-state index in [0.29, 0.717) is 6.54 Å². The number of hydroxylamine groups is 1. The van der Waals surface area contributed by atoms with E-state index in [1.165, 1.54) is 5.17 Å². The van der Waals surface area contributed by atoms with Crippen LogP contribution in [0.2, 0.25) is 0 Å². The van der Waals surface area contributed by atoms with Crippen molar-refractivity contribution in [2.45, 2.75) is 32.8 Å². The topological polar surface area (TPSA) is 50.8 Å². The number of hydrazine groups is 1. The van der Waals surface area contributed by atoms with Gasteiger partial charge in [0, 0.05) is 6.54 Å². The van der Waals surface area contributed by atoms with E-state index in [0.717, 1.165) is 13.0 Å². The van der Waals surface area contributed by atoms with Gasteiger partial charge < -0.3 is 9.57 Å². The molecule has 0 atom stereocenters. The van der Waals surface area contributed by atoms with Crippen molar-refractivity contribution in [1.29, 1.82) is 0 Å². The monoisotopic (exact) mass is 188 g/mol. The highest BCUT2D eigenvalue weighted by Crippen LogP contribution is 2.09. The average Bonchev–Trinajstić information content (AvgIpc) is 2.34. The number of carbonyl (C=O) groups excluding carboxylic acids is 1. The molecule has 0 spiro atoms. The number of nitrogens with zero attached hydrogens (tertiary/aromatic N) is 1. The molecule has 13 heavy (non-hydrogen) atoms. The molecule has 1 rings (SSSR count). The predicted molar refractivity (Wildman–Crippen MR) is 46.6 cm³/mol. The van der Waals surface area contributed by atoms with Crippen LogP contribution in [-0.2, 0) is 9.57 Å². The van der Waals surface area contributed by atoms with Gasteiger partial charge in [-0.2, -0.15) is 0 Å². The molecule has 5 nitrogen and oxygen atoms in total. The second-order valence-corrected chi connectivity index (χ2v) is 3.92. The summed E-state index contributed by atoms with van der Waals surface area (Å²) in [7, 11) is 0. The number of rotatable bonds is 1. The lowest BCUT2D eigenvalue weighted by Crippen LogP contribution is -2.36. The fourth-order valence-electron chi connectivity index (χ4n) is 0.942. The summed E-state index contributed by atoms with van der Waals surface area (Å²) in [5.74, 6) is 0. The minimum absolute atomic E-state index is 0.503. The van der Waals surface area contributed by atoms with E-state index in [9.17, 15) is 4.79 Å². The Morgan fingerprint density at radius 1 is 1.46 bits per heavy atom. The van der Waals surface area contributed by atoms with Gasteiger partial charge in [0.25, 0.3) is 0 Å². The first-order chi connectivity index (χ1) is 5.97. The smallest absolute Gasteiger partial charge is 0.427 e. The molecule has 5 heteroatoms. The van der Waals surface area contributed by atoms with E-state index in [1.54, 1.807) is 20.8 Å². The van der Waals surface area contributed by atoms with Crippen molar-refractivity contribution in [2.24, 2.45) is 0 Å². The number of hydrogen-bond acceptors (Lipinski definition) is 5. The molecule has 1 fully saturated rings. The molecule has 0 aromatic rings. The molecule has 1 saturated heterocycles. The highest BCUT2D eigenvalue weighted by Gasteiger charge is 2.21. The Morgan fingerprint density at radius 3 is 2.62 bits per heavy atom. The van der Waals surface area contributed by atoms with E-state index < -0.39 is 11.8 Å². The van der Waals surface area contributed by atoms with Crippen molar-refractivity contribution in [3.05, 3.63) is 0 Å². The number of nitrogens with one attached hydrogen (secondary N) is 1. The van der Waals surface area contributed by atoms with Gasteiger partial charge in [-0.1, -0.05) is 5.17 Å². The van der Waals surface area contributed by atoms with Crippen LogP contribution in [-0.4, -0.2) is 30.0 Å². The second kappa shape index (κ2) is 3.93. The van der Waals surface area contributed by atoms with Crippen LogP contribution in [0.15, 0.2) is 0 Å². The third-order valence-electron chi connectivity index (χ3n) is 1.40. The first kappa shape index (κ1) is 10.3. The van der Waals surface area contributed by atoms with Gasteiger partial charge in [0.2, 0.25) is 0 Å². The molecule has 0 radical (unpaired) electrons. The first-order valence-corrected chi connectivity index (χ1v) is 4.39. The summed E-state index contributed by atoms with van der Waals surface area (Å²) in [6.07, 6.45) is 0.310. The number of hydrogen-bond donors (Lipinski definition) is 1. The molecule has 76 valence electrons.